The van der Waals surface area contributed by atoms with Crippen LogP contribution in [0.15, 0.2) is 23.2 Å². The van der Waals surface area contributed by atoms with E-state index < -0.39 is 0 Å². The van der Waals surface area contributed by atoms with Crippen molar-refractivity contribution in [3.8, 4) is 11.5 Å². The Bertz CT molecular complexity index is 534. The van der Waals surface area contributed by atoms with Crippen LogP contribution in [-0.4, -0.2) is 33.8 Å². The summed E-state index contributed by atoms with van der Waals surface area (Å²) in [7, 11) is 5.10. The molecule has 0 bridgehead atoms. The van der Waals surface area contributed by atoms with Crippen LogP contribution in [0.4, 0.5) is 0 Å². The molecular weight excluding hydrogens is 290 g/mol. The van der Waals surface area contributed by atoms with Crippen LogP contribution in [0, 0.1) is 5.41 Å². The van der Waals surface area contributed by atoms with E-state index in [2.05, 4.69) is 22.5 Å². The number of benzene rings is 1. The van der Waals surface area contributed by atoms with Gasteiger partial charge in [-0.3, -0.25) is 4.99 Å². The smallest absolute Gasteiger partial charge is 0.191 e. The lowest BCUT2D eigenvalue weighted by molar-refractivity contribution is 0.131. The van der Waals surface area contributed by atoms with Crippen LogP contribution in [0.3, 0.4) is 0 Å². The summed E-state index contributed by atoms with van der Waals surface area (Å²) in [6, 6.07) is 5.94. The quantitative estimate of drug-likeness (QED) is 0.599. The Labute approximate surface area is 139 Å². The van der Waals surface area contributed by atoms with Crippen LogP contribution in [0.1, 0.15) is 38.2 Å². The fraction of sp³-hybridized carbons (Fsp3) is 0.611. The van der Waals surface area contributed by atoms with Crippen LogP contribution in [0.5, 0.6) is 11.5 Å². The van der Waals surface area contributed by atoms with E-state index in [-0.39, 0.29) is 0 Å². The molecule has 23 heavy (non-hydrogen) atoms. The van der Waals surface area contributed by atoms with Crippen LogP contribution in [0.25, 0.3) is 0 Å². The average molecular weight is 319 g/mol. The molecule has 0 heterocycles. The molecule has 1 aromatic carbocycles. The summed E-state index contributed by atoms with van der Waals surface area (Å²) >= 11 is 0. The Morgan fingerprint density at radius 3 is 2.43 bits per heavy atom. The third-order valence-corrected chi connectivity index (χ3v) is 4.93. The average Bonchev–Trinajstić information content (AvgIpc) is 2.56. The Hall–Kier alpha value is -1.91. The standard InChI is InChI=1S/C18H29N3O2/c1-5-18(9-6-10-18)13-21-17(19-2)20-12-14-7-8-15(22-3)16(11-14)23-4/h7-8,11H,5-6,9-10,12-13H2,1-4H3,(H2,19,20,21). The number of nitrogens with one attached hydrogen (secondary N) is 2. The van der Waals surface area contributed by atoms with Gasteiger partial charge in [0.15, 0.2) is 17.5 Å². The van der Waals surface area contributed by atoms with Gasteiger partial charge in [0.05, 0.1) is 14.2 Å². The van der Waals surface area contributed by atoms with Gasteiger partial charge in [-0.25, -0.2) is 0 Å². The van der Waals surface area contributed by atoms with Gasteiger partial charge in [-0.2, -0.15) is 0 Å². The number of aliphatic imine (C=N–C) groups is 1. The second-order valence-corrected chi connectivity index (χ2v) is 6.18. The van der Waals surface area contributed by atoms with Gasteiger partial charge < -0.3 is 20.1 Å². The minimum absolute atomic E-state index is 0.473. The molecule has 0 saturated heterocycles. The van der Waals surface area contributed by atoms with E-state index >= 15 is 0 Å². The summed E-state index contributed by atoms with van der Waals surface area (Å²) in [6.07, 6.45) is 5.23. The first-order valence-electron chi connectivity index (χ1n) is 8.32. The van der Waals surface area contributed by atoms with Crippen LogP contribution >= 0.6 is 0 Å². The summed E-state index contributed by atoms with van der Waals surface area (Å²) in [6.45, 7) is 3.97. The maximum atomic E-state index is 5.34. The minimum atomic E-state index is 0.473. The lowest BCUT2D eigenvalue weighted by Gasteiger charge is -2.41. The molecule has 1 saturated carbocycles. The van der Waals surface area contributed by atoms with Crippen molar-refractivity contribution in [2.75, 3.05) is 27.8 Å². The number of ether oxygens (including phenoxy) is 2. The number of guanidine groups is 1. The van der Waals surface area contributed by atoms with Crippen molar-refractivity contribution in [2.24, 2.45) is 10.4 Å². The van der Waals surface area contributed by atoms with Gasteiger partial charge in [-0.05, 0) is 42.4 Å². The third kappa shape index (κ3) is 4.30. The normalized spacial score (nSPS) is 16.4. The molecule has 1 aliphatic rings. The number of nitrogens with zero attached hydrogens (tertiary/aromatic N) is 1. The molecular formula is C18H29N3O2. The second kappa shape index (κ2) is 8.09. The molecule has 2 N–H and O–H groups in total. The van der Waals surface area contributed by atoms with Gasteiger partial charge >= 0.3 is 0 Å². The zero-order valence-corrected chi connectivity index (χ0v) is 14.7. The van der Waals surface area contributed by atoms with Gasteiger partial charge in [-0.15, -0.1) is 0 Å². The van der Waals surface area contributed by atoms with Crippen molar-refractivity contribution < 1.29 is 9.47 Å². The molecule has 0 unspecified atom stereocenters. The zero-order valence-electron chi connectivity index (χ0n) is 14.7. The number of rotatable bonds is 7. The molecule has 2 rings (SSSR count). The Kier molecular flexibility index (Phi) is 6.13. The van der Waals surface area contributed by atoms with E-state index in [4.69, 9.17) is 9.47 Å². The van der Waals surface area contributed by atoms with Gasteiger partial charge in [0.25, 0.3) is 0 Å². The lowest BCUT2D eigenvalue weighted by atomic mass is 9.67. The van der Waals surface area contributed by atoms with Gasteiger partial charge in [0.1, 0.15) is 0 Å². The van der Waals surface area contributed by atoms with E-state index in [0.717, 1.165) is 29.6 Å². The molecule has 0 aliphatic heterocycles. The molecule has 0 atom stereocenters. The van der Waals surface area contributed by atoms with Crippen molar-refractivity contribution in [2.45, 2.75) is 39.2 Å². The Morgan fingerprint density at radius 1 is 1.17 bits per heavy atom. The molecule has 128 valence electrons. The SMILES string of the molecule is CCC1(CNC(=NC)NCc2ccc(OC)c(OC)c2)CCC1. The molecule has 0 amide bonds. The number of hydrogen-bond donors (Lipinski definition) is 2. The van der Waals surface area contributed by atoms with Crippen LogP contribution < -0.4 is 20.1 Å². The monoisotopic (exact) mass is 319 g/mol. The van der Waals surface area contributed by atoms with E-state index in [9.17, 15) is 0 Å². The van der Waals surface area contributed by atoms with Gasteiger partial charge in [0, 0.05) is 20.1 Å². The molecule has 1 fully saturated rings. The fourth-order valence-corrected chi connectivity index (χ4v) is 3.00. The lowest BCUT2D eigenvalue weighted by Crippen LogP contribution is -2.46. The highest BCUT2D eigenvalue weighted by Crippen LogP contribution is 2.42. The zero-order chi connectivity index (χ0) is 16.7. The third-order valence-electron chi connectivity index (χ3n) is 4.93. The number of hydrogen-bond acceptors (Lipinski definition) is 3. The van der Waals surface area contributed by atoms with E-state index in [1.54, 1.807) is 14.2 Å². The highest BCUT2D eigenvalue weighted by molar-refractivity contribution is 5.79. The summed E-state index contributed by atoms with van der Waals surface area (Å²) < 4.78 is 10.6. The first kappa shape index (κ1) is 17.4. The van der Waals surface area contributed by atoms with Crippen LogP contribution in [-0.2, 0) is 6.54 Å². The molecule has 1 aliphatic carbocycles. The Morgan fingerprint density at radius 2 is 1.91 bits per heavy atom. The molecule has 0 radical (unpaired) electrons. The fourth-order valence-electron chi connectivity index (χ4n) is 3.00. The number of methoxy groups -OCH3 is 2. The highest BCUT2D eigenvalue weighted by atomic mass is 16.5. The van der Waals surface area contributed by atoms with Crippen molar-refractivity contribution in [1.29, 1.82) is 0 Å². The highest BCUT2D eigenvalue weighted by Gasteiger charge is 2.34. The maximum Gasteiger partial charge on any atom is 0.191 e. The predicted molar refractivity (Wildman–Crippen MR) is 94.3 cm³/mol. The molecule has 0 aromatic heterocycles. The largest absolute Gasteiger partial charge is 0.493 e. The first-order valence-corrected chi connectivity index (χ1v) is 8.32. The van der Waals surface area contributed by atoms with Crippen LogP contribution in [0.2, 0.25) is 0 Å². The minimum Gasteiger partial charge on any atom is -0.493 e. The first-order chi connectivity index (χ1) is 11.2. The summed E-state index contributed by atoms with van der Waals surface area (Å²) in [5.41, 5.74) is 1.60. The van der Waals surface area contributed by atoms with E-state index in [0.29, 0.717) is 12.0 Å². The van der Waals surface area contributed by atoms with Crippen molar-refractivity contribution in [3.05, 3.63) is 23.8 Å². The summed E-state index contributed by atoms with van der Waals surface area (Å²) in [5, 5.41) is 6.83. The van der Waals surface area contributed by atoms with Gasteiger partial charge in [-0.1, -0.05) is 19.4 Å². The summed E-state index contributed by atoms with van der Waals surface area (Å²) in [5.74, 6) is 2.34. The van der Waals surface area contributed by atoms with Crippen molar-refractivity contribution >= 4 is 5.96 Å². The van der Waals surface area contributed by atoms with Gasteiger partial charge in [0.2, 0.25) is 0 Å². The van der Waals surface area contributed by atoms with E-state index in [1.807, 2.05) is 25.2 Å². The molecule has 1 aromatic rings. The summed E-state index contributed by atoms with van der Waals surface area (Å²) in [4.78, 5) is 4.31. The van der Waals surface area contributed by atoms with E-state index in [1.165, 1.54) is 25.7 Å². The molecule has 0 spiro atoms. The molecule has 5 heteroatoms. The van der Waals surface area contributed by atoms with Crippen molar-refractivity contribution in [3.63, 3.8) is 0 Å². The van der Waals surface area contributed by atoms with Crippen molar-refractivity contribution in [1.82, 2.24) is 10.6 Å². The Balaban J connectivity index is 1.88. The molecule has 5 nitrogen and oxygen atoms in total. The maximum absolute atomic E-state index is 5.34. The predicted octanol–water partition coefficient (Wildman–Crippen LogP) is 2.95. The second-order valence-electron chi connectivity index (χ2n) is 6.18. The topological polar surface area (TPSA) is 54.9 Å².